The Labute approximate surface area is 97.9 Å². The third kappa shape index (κ3) is 6.05. The fourth-order valence-electron chi connectivity index (χ4n) is 2.11. The molecule has 0 heterocycles. The second-order valence-electron chi connectivity index (χ2n) is 4.72. The van der Waals surface area contributed by atoms with Crippen LogP contribution in [-0.2, 0) is 0 Å². The number of hydrogen-bond acceptors (Lipinski definition) is 0. The average molecular weight is 223 g/mol. The molecule has 0 aromatic heterocycles. The van der Waals surface area contributed by atoms with Gasteiger partial charge in [-0.1, -0.05) is 59.3 Å². The maximum absolute atomic E-state index is 7.65. The minimum atomic E-state index is -1.42. The summed E-state index contributed by atoms with van der Waals surface area (Å²) in [6.07, 6.45) is 15.4. The Morgan fingerprint density at radius 3 is 1.33 bits per heavy atom. The van der Waals surface area contributed by atoms with Crippen LogP contribution in [0.2, 0.25) is 18.1 Å². The van der Waals surface area contributed by atoms with Crippen molar-refractivity contribution in [3.8, 4) is 5.54 Å². The van der Waals surface area contributed by atoms with Crippen molar-refractivity contribution in [2.24, 2.45) is 0 Å². The first kappa shape index (κ1) is 14.8. The average Bonchev–Trinajstić information content (AvgIpc) is 2.29. The summed E-state index contributed by atoms with van der Waals surface area (Å²) in [5, 5.41) is 0. The maximum Gasteiger partial charge on any atom is 0.139 e. The Kier molecular flexibility index (Phi) is 8.90. The van der Waals surface area contributed by atoms with Gasteiger partial charge in [-0.2, -0.15) is 0 Å². The smallest absolute Gasteiger partial charge is 0.117 e. The van der Waals surface area contributed by atoms with Gasteiger partial charge in [0, 0.05) is 0 Å². The molecule has 87 valence electrons. The van der Waals surface area contributed by atoms with Gasteiger partial charge < -0.3 is 0 Å². The van der Waals surface area contributed by atoms with Crippen molar-refractivity contribution in [2.75, 3.05) is 0 Å². The highest BCUT2D eigenvalue weighted by molar-refractivity contribution is 6.87. The zero-order chi connectivity index (χ0) is 11.6. The molecule has 15 heavy (non-hydrogen) atoms. The summed E-state index contributed by atoms with van der Waals surface area (Å²) in [7, 11) is -1.42. The van der Waals surface area contributed by atoms with Gasteiger partial charge in [0.15, 0.2) is 0 Å². The fraction of sp³-hybridized carbons (Fsp3) is 0.857. The van der Waals surface area contributed by atoms with Crippen LogP contribution in [-0.4, -0.2) is 8.07 Å². The third-order valence-corrected chi connectivity index (χ3v) is 7.75. The lowest BCUT2D eigenvalue weighted by Gasteiger charge is -2.25. The van der Waals surface area contributed by atoms with E-state index in [4.69, 9.17) is 6.42 Å². The van der Waals surface area contributed by atoms with Crippen LogP contribution in [0.4, 0.5) is 0 Å². The molecular weight excluding hydrogens is 196 g/mol. The van der Waals surface area contributed by atoms with Crippen molar-refractivity contribution in [2.45, 2.75) is 77.4 Å². The summed E-state index contributed by atoms with van der Waals surface area (Å²) < 4.78 is 0. The van der Waals surface area contributed by atoms with Crippen molar-refractivity contribution in [1.82, 2.24) is 0 Å². The highest BCUT2D eigenvalue weighted by Gasteiger charge is 2.28. The molecule has 0 aromatic carbocycles. The Balaban J connectivity index is 4.25. The minimum Gasteiger partial charge on any atom is -0.117 e. The third-order valence-electron chi connectivity index (χ3n) is 3.29. The summed E-state index contributed by atoms with van der Waals surface area (Å²) in [5.41, 5.74) is 3.01. The summed E-state index contributed by atoms with van der Waals surface area (Å²) >= 11 is 0. The molecule has 0 rings (SSSR count). The summed E-state index contributed by atoms with van der Waals surface area (Å²) in [6.45, 7) is 6.76. The Morgan fingerprint density at radius 1 is 0.800 bits per heavy atom. The fourth-order valence-corrected chi connectivity index (χ4v) is 6.32. The molecule has 0 fully saturated rings. The number of unbranched alkanes of at least 4 members (excludes halogenated alkanes) is 3. The minimum absolute atomic E-state index is 1.27. The zero-order valence-electron chi connectivity index (χ0n) is 10.9. The van der Waals surface area contributed by atoms with Crippen molar-refractivity contribution < 1.29 is 0 Å². The molecule has 0 aliphatic heterocycles. The van der Waals surface area contributed by atoms with Crippen LogP contribution >= 0.6 is 0 Å². The normalized spacial score (nSPS) is 11.3. The molecule has 0 amide bonds. The predicted octanol–water partition coefficient (Wildman–Crippen LogP) is 4.96. The van der Waals surface area contributed by atoms with E-state index in [-0.39, 0.29) is 0 Å². The van der Waals surface area contributed by atoms with Crippen LogP contribution in [0, 0.1) is 12.0 Å². The molecule has 0 unspecified atom stereocenters. The lowest BCUT2D eigenvalue weighted by molar-refractivity contribution is 0.802. The summed E-state index contributed by atoms with van der Waals surface area (Å²) in [4.78, 5) is 0. The first-order valence-electron chi connectivity index (χ1n) is 6.68. The van der Waals surface area contributed by atoms with E-state index < -0.39 is 8.07 Å². The Hall–Kier alpha value is -0.223. The Bertz CT molecular complexity index is 156. The van der Waals surface area contributed by atoms with Gasteiger partial charge in [-0.15, -0.1) is 5.54 Å². The van der Waals surface area contributed by atoms with Gasteiger partial charge in [-0.3, -0.25) is 0 Å². The van der Waals surface area contributed by atoms with E-state index in [0.717, 1.165) is 0 Å². The first-order chi connectivity index (χ1) is 7.24. The molecule has 0 spiro atoms. The van der Waals surface area contributed by atoms with Gasteiger partial charge in [0.2, 0.25) is 0 Å². The molecule has 0 aromatic rings. The van der Waals surface area contributed by atoms with Crippen LogP contribution < -0.4 is 0 Å². The second-order valence-corrected chi connectivity index (χ2v) is 9.03. The predicted molar refractivity (Wildman–Crippen MR) is 72.0 cm³/mol. The van der Waals surface area contributed by atoms with Crippen LogP contribution in [0.5, 0.6) is 0 Å². The standard InChI is InChI=1S/C14H27Si/c1-5-9-12-15(8-4,13-10-6-2)14-11-7-3/h5-7,9-14H2,1-3H3. The number of rotatable bonds is 9. The van der Waals surface area contributed by atoms with E-state index in [0.29, 0.717) is 0 Å². The molecule has 0 bridgehead atoms. The molecule has 0 aliphatic rings. The summed E-state index contributed by atoms with van der Waals surface area (Å²) in [5.74, 6) is 0. The molecule has 0 saturated heterocycles. The van der Waals surface area contributed by atoms with E-state index in [1.54, 1.807) is 0 Å². The largest absolute Gasteiger partial charge is 0.139 e. The molecule has 0 atom stereocenters. The lowest BCUT2D eigenvalue weighted by atomic mass is 10.4. The zero-order valence-corrected chi connectivity index (χ0v) is 11.9. The SMILES string of the molecule is [C]#C[Si](CCCC)(CCCC)CCCC. The van der Waals surface area contributed by atoms with Gasteiger partial charge in [0.1, 0.15) is 8.07 Å². The molecule has 0 saturated carbocycles. The molecule has 1 heteroatoms. The molecule has 0 aliphatic carbocycles. The van der Waals surface area contributed by atoms with Gasteiger partial charge in [0.05, 0.1) is 0 Å². The molecule has 0 nitrogen and oxygen atoms in total. The quantitative estimate of drug-likeness (QED) is 0.383. The lowest BCUT2D eigenvalue weighted by Crippen LogP contribution is -2.32. The van der Waals surface area contributed by atoms with Gasteiger partial charge >= 0.3 is 0 Å². The van der Waals surface area contributed by atoms with E-state index in [1.165, 1.54) is 56.7 Å². The van der Waals surface area contributed by atoms with Crippen LogP contribution in [0.1, 0.15) is 59.3 Å². The van der Waals surface area contributed by atoms with Crippen LogP contribution in [0.3, 0.4) is 0 Å². The highest BCUT2D eigenvalue weighted by atomic mass is 28.3. The van der Waals surface area contributed by atoms with Gasteiger partial charge in [-0.05, 0) is 24.6 Å². The van der Waals surface area contributed by atoms with Crippen molar-refractivity contribution >= 4 is 8.07 Å². The molecule has 1 radical (unpaired) electrons. The van der Waals surface area contributed by atoms with Crippen LogP contribution in [0.15, 0.2) is 0 Å². The van der Waals surface area contributed by atoms with E-state index in [9.17, 15) is 0 Å². The topological polar surface area (TPSA) is 0 Å². The molecular formula is C14H27Si. The second kappa shape index (κ2) is 9.04. The van der Waals surface area contributed by atoms with E-state index in [2.05, 4.69) is 26.3 Å². The van der Waals surface area contributed by atoms with Gasteiger partial charge in [-0.25, -0.2) is 0 Å². The monoisotopic (exact) mass is 223 g/mol. The van der Waals surface area contributed by atoms with E-state index >= 15 is 0 Å². The van der Waals surface area contributed by atoms with E-state index in [1.807, 2.05) is 0 Å². The Morgan fingerprint density at radius 2 is 1.13 bits per heavy atom. The van der Waals surface area contributed by atoms with Crippen LogP contribution in [0.25, 0.3) is 0 Å². The van der Waals surface area contributed by atoms with Crippen molar-refractivity contribution in [1.29, 1.82) is 0 Å². The van der Waals surface area contributed by atoms with Crippen molar-refractivity contribution in [3.63, 3.8) is 0 Å². The highest BCUT2D eigenvalue weighted by Crippen LogP contribution is 2.27. The summed E-state index contributed by atoms with van der Waals surface area (Å²) in [6, 6.07) is 3.94. The number of hydrogen-bond donors (Lipinski definition) is 0. The maximum atomic E-state index is 7.65. The van der Waals surface area contributed by atoms with Gasteiger partial charge in [0.25, 0.3) is 0 Å². The first-order valence-corrected chi connectivity index (χ1v) is 9.30. The van der Waals surface area contributed by atoms with Crippen molar-refractivity contribution in [3.05, 3.63) is 6.42 Å². The molecule has 0 N–H and O–H groups in total.